The number of hydrogen-bond donors (Lipinski definition) is 1. The molecule has 1 N–H and O–H groups in total. The highest BCUT2D eigenvalue weighted by Gasteiger charge is 2.29. The number of esters is 1. The van der Waals surface area contributed by atoms with Gasteiger partial charge in [-0.25, -0.2) is 4.21 Å². The number of anilines is 1. The Kier molecular flexibility index (Phi) is 10.4. The lowest BCUT2D eigenvalue weighted by molar-refractivity contribution is -0.144. The highest BCUT2D eigenvalue weighted by Crippen LogP contribution is 2.21. The summed E-state index contributed by atoms with van der Waals surface area (Å²) in [7, 11) is -1.70. The van der Waals surface area contributed by atoms with E-state index in [0.29, 0.717) is 41.2 Å². The lowest BCUT2D eigenvalue weighted by atomic mass is 10.1. The van der Waals surface area contributed by atoms with Crippen LogP contribution in [0.15, 0.2) is 99.1 Å². The summed E-state index contributed by atoms with van der Waals surface area (Å²) in [5, 5.41) is 2.80. The first-order valence-corrected chi connectivity index (χ1v) is 16.5. The lowest BCUT2D eigenvalue weighted by Crippen LogP contribution is -2.26. The van der Waals surface area contributed by atoms with Crippen LogP contribution in [-0.2, 0) is 19.3 Å². The maximum absolute atomic E-state index is 14.2. The summed E-state index contributed by atoms with van der Waals surface area (Å²) in [4.78, 5) is 44.5. The average Bonchev–Trinajstić information content (AvgIpc) is 3.73. The van der Waals surface area contributed by atoms with Gasteiger partial charge in [0.2, 0.25) is 0 Å². The Balaban J connectivity index is 1.29. The zero-order valence-electron chi connectivity index (χ0n) is 25.6. The van der Waals surface area contributed by atoms with E-state index in [-0.39, 0.29) is 34.9 Å². The molecule has 0 spiro atoms. The highest BCUT2D eigenvalue weighted by molar-refractivity contribution is 7.94. The number of carbonyl (C=O) groups excluding carboxylic acids is 3. The second-order valence-electron chi connectivity index (χ2n) is 10.9. The number of aromatic nitrogens is 1. The minimum atomic E-state index is -3.09. The van der Waals surface area contributed by atoms with Gasteiger partial charge in [0.05, 0.1) is 34.6 Å². The summed E-state index contributed by atoms with van der Waals surface area (Å²) < 4.78 is 28.6. The zero-order chi connectivity index (χ0) is 32.5. The Morgan fingerprint density at radius 1 is 1.07 bits per heavy atom. The number of amides is 2. The summed E-state index contributed by atoms with van der Waals surface area (Å²) in [5.74, 6) is 5.09. The van der Waals surface area contributed by atoms with Gasteiger partial charge in [0.1, 0.15) is 0 Å². The molecule has 0 aliphatic carbocycles. The topological polar surface area (TPSA) is 131 Å². The number of aryl methyl sites for hydroxylation is 1. The van der Waals surface area contributed by atoms with Crippen molar-refractivity contribution in [2.75, 3.05) is 37.8 Å². The van der Waals surface area contributed by atoms with Crippen molar-refractivity contribution in [1.29, 1.82) is 0 Å². The van der Waals surface area contributed by atoms with Crippen molar-refractivity contribution in [3.8, 4) is 11.8 Å². The molecule has 10 nitrogen and oxygen atoms in total. The Labute approximate surface area is 268 Å². The Morgan fingerprint density at radius 3 is 2.63 bits per heavy atom. The van der Waals surface area contributed by atoms with E-state index in [0.717, 1.165) is 18.5 Å². The van der Waals surface area contributed by atoms with Crippen molar-refractivity contribution in [3.05, 3.63) is 113 Å². The average molecular weight is 639 g/mol. The molecule has 2 unspecified atom stereocenters. The second-order valence-corrected chi connectivity index (χ2v) is 13.2. The van der Waals surface area contributed by atoms with Crippen LogP contribution in [0.4, 0.5) is 5.69 Å². The van der Waals surface area contributed by atoms with Crippen LogP contribution in [0.5, 0.6) is 0 Å². The van der Waals surface area contributed by atoms with E-state index in [1.165, 1.54) is 25.8 Å². The van der Waals surface area contributed by atoms with Crippen molar-refractivity contribution in [2.24, 2.45) is 10.3 Å². The molecule has 3 heterocycles. The van der Waals surface area contributed by atoms with Crippen molar-refractivity contribution < 1.29 is 27.7 Å². The molecular weight excluding hydrogens is 604 g/mol. The molecular formula is C35H34N4O6S. The molecule has 5 rings (SSSR count). The van der Waals surface area contributed by atoms with Crippen LogP contribution >= 0.6 is 0 Å². The fourth-order valence-electron chi connectivity index (χ4n) is 5.15. The number of ether oxygens (including phenoxy) is 1. The van der Waals surface area contributed by atoms with Gasteiger partial charge in [0.25, 0.3) is 11.8 Å². The second kappa shape index (κ2) is 14.8. The van der Waals surface area contributed by atoms with Gasteiger partial charge in [-0.1, -0.05) is 36.1 Å². The molecule has 2 amide bonds. The first-order valence-electron chi connectivity index (χ1n) is 14.8. The monoisotopic (exact) mass is 638 g/mol. The molecule has 0 bridgehead atoms. The van der Waals surface area contributed by atoms with Crippen LogP contribution in [0.1, 0.15) is 50.4 Å². The maximum atomic E-state index is 14.2. The van der Waals surface area contributed by atoms with Gasteiger partial charge in [-0.15, -0.1) is 0 Å². The van der Waals surface area contributed by atoms with Gasteiger partial charge < -0.3 is 19.4 Å². The summed E-state index contributed by atoms with van der Waals surface area (Å²) in [6.07, 6.45) is 5.63. The van der Waals surface area contributed by atoms with E-state index in [2.05, 4.69) is 31.4 Å². The number of likely N-dealkylation sites (tertiary alicyclic amines) is 1. The zero-order valence-corrected chi connectivity index (χ0v) is 26.4. The number of pyridine rings is 1. The molecule has 0 radical (unpaired) electrons. The van der Waals surface area contributed by atoms with E-state index in [1.54, 1.807) is 67.6 Å². The summed E-state index contributed by atoms with van der Waals surface area (Å²) >= 11 is 0. The molecule has 11 heteroatoms. The minimum Gasteiger partial charge on any atom is -0.469 e. The molecule has 1 saturated heterocycles. The molecule has 1 aliphatic rings. The SMILES string of the molecule is COC(=O)C1CCN(CCCS(=O)(=NC(=O)c2cncc(C#Cc3cccc(NC(=O)c4occc4C)c3)c2)c2ccccc2)C1. The summed E-state index contributed by atoms with van der Waals surface area (Å²) in [6, 6.07) is 19.1. The van der Waals surface area contributed by atoms with Gasteiger partial charge in [-0.3, -0.25) is 19.4 Å². The van der Waals surface area contributed by atoms with Crippen LogP contribution in [0.25, 0.3) is 0 Å². The number of methoxy groups -OCH3 is 1. The molecule has 236 valence electrons. The van der Waals surface area contributed by atoms with Crippen molar-refractivity contribution in [3.63, 3.8) is 0 Å². The maximum Gasteiger partial charge on any atom is 0.310 e. The molecule has 0 saturated carbocycles. The smallest absolute Gasteiger partial charge is 0.310 e. The standard InChI is InChI=1S/C35H34N4O6S/c1-25-15-18-45-32(25)34(41)37-30-9-6-8-26(21-30)12-13-27-20-29(23-36-22-27)33(40)38-46(43,31-10-4-3-5-11-31)19-7-16-39-17-14-28(24-39)35(42)44-2/h3-6,8-11,15,18,20-23,28H,7,14,16-17,19,24H2,1-2H3,(H,37,41). The largest absolute Gasteiger partial charge is 0.469 e. The number of carbonyl (C=O) groups is 3. The molecule has 1 fully saturated rings. The number of benzene rings is 2. The van der Waals surface area contributed by atoms with Gasteiger partial charge in [-0.2, -0.15) is 4.36 Å². The van der Waals surface area contributed by atoms with E-state index < -0.39 is 15.6 Å². The fraction of sp³-hybridized carbons (Fsp3) is 0.257. The predicted molar refractivity (Wildman–Crippen MR) is 174 cm³/mol. The third-order valence-electron chi connectivity index (χ3n) is 7.57. The van der Waals surface area contributed by atoms with Crippen molar-refractivity contribution in [2.45, 2.75) is 24.7 Å². The van der Waals surface area contributed by atoms with Gasteiger partial charge in [0, 0.05) is 52.0 Å². The third kappa shape index (κ3) is 8.15. The number of nitrogens with one attached hydrogen (secondary N) is 1. The number of nitrogens with zero attached hydrogens (tertiary/aromatic N) is 3. The van der Waals surface area contributed by atoms with E-state index >= 15 is 0 Å². The molecule has 2 aromatic heterocycles. The summed E-state index contributed by atoms with van der Waals surface area (Å²) in [5.41, 5.74) is 2.57. The van der Waals surface area contributed by atoms with E-state index in [9.17, 15) is 18.6 Å². The molecule has 1 aliphatic heterocycles. The Hall–Kier alpha value is -5.05. The van der Waals surface area contributed by atoms with Crippen molar-refractivity contribution >= 4 is 33.2 Å². The first kappa shape index (κ1) is 32.3. The molecule has 4 aromatic rings. The van der Waals surface area contributed by atoms with E-state index in [1.807, 2.05) is 6.07 Å². The van der Waals surface area contributed by atoms with E-state index in [4.69, 9.17) is 9.15 Å². The molecule has 46 heavy (non-hydrogen) atoms. The van der Waals surface area contributed by atoms with Gasteiger partial charge in [-0.05, 0) is 75.3 Å². The number of hydrogen-bond acceptors (Lipinski definition) is 8. The van der Waals surface area contributed by atoms with Gasteiger partial charge >= 0.3 is 5.97 Å². The lowest BCUT2D eigenvalue weighted by Gasteiger charge is -2.16. The quantitative estimate of drug-likeness (QED) is 0.196. The first-order chi connectivity index (χ1) is 22.2. The Morgan fingerprint density at radius 2 is 1.87 bits per heavy atom. The highest BCUT2D eigenvalue weighted by atomic mass is 32.2. The molecule has 2 aromatic carbocycles. The van der Waals surface area contributed by atoms with Crippen LogP contribution in [0.2, 0.25) is 0 Å². The number of rotatable bonds is 9. The van der Waals surface area contributed by atoms with Crippen LogP contribution < -0.4 is 5.32 Å². The predicted octanol–water partition coefficient (Wildman–Crippen LogP) is 5.19. The normalized spacial score (nSPS) is 15.7. The third-order valence-corrected chi connectivity index (χ3v) is 9.88. The van der Waals surface area contributed by atoms with Crippen LogP contribution in [0, 0.1) is 24.7 Å². The van der Waals surface area contributed by atoms with Crippen molar-refractivity contribution in [1.82, 2.24) is 9.88 Å². The van der Waals surface area contributed by atoms with Gasteiger partial charge in [0.15, 0.2) is 5.76 Å². The molecule has 2 atom stereocenters. The fourth-order valence-corrected chi connectivity index (χ4v) is 7.06. The minimum absolute atomic E-state index is 0.154. The Bertz CT molecular complexity index is 1920. The summed E-state index contributed by atoms with van der Waals surface area (Å²) in [6.45, 7) is 3.77. The number of furan rings is 1. The van der Waals surface area contributed by atoms with Crippen LogP contribution in [-0.4, -0.2) is 64.4 Å². The van der Waals surface area contributed by atoms with Crippen LogP contribution in [0.3, 0.4) is 0 Å².